The third kappa shape index (κ3) is 4.35. The molecule has 0 atom stereocenters. The summed E-state index contributed by atoms with van der Waals surface area (Å²) in [4.78, 5) is 22.6. The van der Waals surface area contributed by atoms with Gasteiger partial charge >= 0.3 is 7.47 Å². The van der Waals surface area contributed by atoms with E-state index in [1.54, 1.807) is 18.2 Å². The van der Waals surface area contributed by atoms with Gasteiger partial charge in [-0.15, -0.1) is 0 Å². The molecule has 0 aliphatic carbocycles. The average Bonchev–Trinajstić information content (AvgIpc) is 2.66. The van der Waals surface area contributed by atoms with Crippen LogP contribution < -0.4 is 0 Å². The molecule has 134 valence electrons. The minimum absolute atomic E-state index is 0.134. The average molecular weight is 367 g/mol. The van der Waals surface area contributed by atoms with Crippen molar-refractivity contribution in [3.63, 3.8) is 0 Å². The van der Waals surface area contributed by atoms with E-state index in [2.05, 4.69) is 4.65 Å². The number of carbonyl (C=O) groups excluding carboxylic acids is 1. The van der Waals surface area contributed by atoms with E-state index >= 15 is 0 Å². The molecule has 0 aliphatic rings. The highest BCUT2D eigenvalue weighted by atomic mass is 19.2. The first kappa shape index (κ1) is 18.3. The highest BCUT2D eigenvalue weighted by Gasteiger charge is 2.22. The number of fused-ring (bicyclic) bond motifs is 1. The molecule has 3 aromatic carbocycles. The molecular formula is C19H12BF2NO4. The number of rotatable bonds is 6. The number of benzene rings is 3. The summed E-state index contributed by atoms with van der Waals surface area (Å²) in [5.41, 5.74) is 0.247. The van der Waals surface area contributed by atoms with E-state index in [1.807, 2.05) is 24.3 Å². The smallest absolute Gasteiger partial charge is 0.505 e. The molecule has 3 aromatic rings. The molecule has 0 fully saturated rings. The second kappa shape index (κ2) is 7.78. The number of carbonyl (C=O) groups is 1. The lowest BCUT2D eigenvalue weighted by Gasteiger charge is -2.09. The van der Waals surface area contributed by atoms with Gasteiger partial charge in [-0.3, -0.25) is 14.9 Å². The van der Waals surface area contributed by atoms with Crippen LogP contribution in [0.1, 0.15) is 15.9 Å². The molecule has 0 spiro atoms. The van der Waals surface area contributed by atoms with Crippen molar-refractivity contribution in [1.29, 1.82) is 0 Å². The second-order valence-corrected chi connectivity index (χ2v) is 5.62. The van der Waals surface area contributed by atoms with Gasteiger partial charge in [0.05, 0.1) is 4.92 Å². The molecule has 0 aliphatic heterocycles. The molecule has 0 bridgehead atoms. The van der Waals surface area contributed by atoms with Crippen molar-refractivity contribution in [3.05, 3.63) is 94.0 Å². The maximum Gasteiger partial charge on any atom is 0.796 e. The molecule has 5 nitrogen and oxygen atoms in total. The fraction of sp³-hybridized carbons (Fsp3) is 0. The van der Waals surface area contributed by atoms with Gasteiger partial charge < -0.3 is 4.65 Å². The monoisotopic (exact) mass is 367 g/mol. The molecule has 27 heavy (non-hydrogen) atoms. The van der Waals surface area contributed by atoms with Crippen LogP contribution in [0.3, 0.4) is 0 Å². The van der Waals surface area contributed by atoms with Crippen LogP contribution in [0, 0.1) is 10.1 Å². The Kier molecular flexibility index (Phi) is 5.26. The van der Waals surface area contributed by atoms with Crippen molar-refractivity contribution in [2.45, 2.75) is 0 Å². The molecule has 3 rings (SSSR count). The number of nitro benzene ring substituents is 1. The lowest BCUT2D eigenvalue weighted by Crippen LogP contribution is -2.06. The van der Waals surface area contributed by atoms with Crippen LogP contribution in [0.15, 0.2) is 72.8 Å². The number of halogens is 2. The highest BCUT2D eigenvalue weighted by Crippen LogP contribution is 2.23. The van der Waals surface area contributed by atoms with Gasteiger partial charge in [0.2, 0.25) is 0 Å². The van der Waals surface area contributed by atoms with Crippen LogP contribution in [0.4, 0.5) is 14.3 Å². The molecule has 0 saturated heterocycles. The summed E-state index contributed by atoms with van der Waals surface area (Å²) in [5.74, 6) is -0.882. The summed E-state index contributed by atoms with van der Waals surface area (Å²) in [6.07, 6.45) is 0.956. The Labute approximate surface area is 153 Å². The zero-order chi connectivity index (χ0) is 19.4. The molecule has 0 N–H and O–H groups in total. The Bertz CT molecular complexity index is 1040. The Morgan fingerprint density at radius 1 is 0.963 bits per heavy atom. The van der Waals surface area contributed by atoms with Gasteiger partial charge in [-0.25, -0.2) is 8.63 Å². The van der Waals surface area contributed by atoms with E-state index in [1.165, 1.54) is 12.1 Å². The number of nitro groups is 1. The predicted molar refractivity (Wildman–Crippen MR) is 98.4 cm³/mol. The standard InChI is InChI=1S/C19H12BF2NO4/c21-20(22)27-19(14-7-9-17(10-8-14)23(25)26)12-18(24)16-6-5-13-3-1-2-4-15(13)11-16/h1-12H/b19-12-. The van der Waals surface area contributed by atoms with Crippen molar-refractivity contribution in [2.75, 3.05) is 0 Å². The van der Waals surface area contributed by atoms with E-state index in [4.69, 9.17) is 0 Å². The zero-order valence-electron chi connectivity index (χ0n) is 13.8. The number of nitrogens with zero attached hydrogens (tertiary/aromatic N) is 1. The summed E-state index contributed by atoms with van der Waals surface area (Å²) in [5, 5.41) is 12.5. The van der Waals surface area contributed by atoms with Gasteiger partial charge in [-0.1, -0.05) is 36.4 Å². The molecule has 8 heteroatoms. The Morgan fingerprint density at radius 2 is 1.59 bits per heavy atom. The Balaban J connectivity index is 1.96. The van der Waals surface area contributed by atoms with Crippen LogP contribution in [0.2, 0.25) is 0 Å². The first-order valence-corrected chi connectivity index (χ1v) is 7.88. The fourth-order valence-electron chi connectivity index (χ4n) is 2.57. The number of non-ortho nitro benzene ring substituents is 1. The number of allylic oxidation sites excluding steroid dienone is 1. The molecule has 0 aromatic heterocycles. The van der Waals surface area contributed by atoms with Gasteiger partial charge in [-0.05, 0) is 29.0 Å². The highest BCUT2D eigenvalue weighted by molar-refractivity contribution is 6.36. The maximum absolute atomic E-state index is 12.8. The third-order valence-electron chi connectivity index (χ3n) is 3.87. The van der Waals surface area contributed by atoms with Gasteiger partial charge in [-0.2, -0.15) is 0 Å². The quantitative estimate of drug-likeness (QED) is 0.155. The number of hydrogen-bond acceptors (Lipinski definition) is 4. The van der Waals surface area contributed by atoms with Crippen LogP contribution in [-0.2, 0) is 4.65 Å². The minimum atomic E-state index is -3.14. The SMILES string of the molecule is O=C(/C=C(\OB(F)F)c1ccc([N+](=O)[O-])cc1)c1ccc2ccccc2c1. The lowest BCUT2D eigenvalue weighted by atomic mass is 10.0. The maximum atomic E-state index is 12.8. The van der Waals surface area contributed by atoms with Crippen molar-refractivity contribution in [3.8, 4) is 0 Å². The summed E-state index contributed by atoms with van der Waals surface area (Å²) in [6, 6.07) is 17.2. The normalized spacial score (nSPS) is 11.3. The van der Waals surface area contributed by atoms with E-state index in [9.17, 15) is 23.5 Å². The third-order valence-corrected chi connectivity index (χ3v) is 3.87. The first-order chi connectivity index (χ1) is 12.9. The molecule has 0 radical (unpaired) electrons. The lowest BCUT2D eigenvalue weighted by molar-refractivity contribution is -0.384. The minimum Gasteiger partial charge on any atom is -0.505 e. The number of ketones is 1. The van der Waals surface area contributed by atoms with E-state index < -0.39 is 18.2 Å². The molecule has 0 heterocycles. The largest absolute Gasteiger partial charge is 0.796 e. The van der Waals surface area contributed by atoms with E-state index in [0.717, 1.165) is 29.0 Å². The molecular weight excluding hydrogens is 355 g/mol. The zero-order valence-corrected chi connectivity index (χ0v) is 13.8. The summed E-state index contributed by atoms with van der Waals surface area (Å²) >= 11 is 0. The van der Waals surface area contributed by atoms with Gasteiger partial charge in [0.25, 0.3) is 5.69 Å². The Morgan fingerprint density at radius 3 is 2.22 bits per heavy atom. The van der Waals surface area contributed by atoms with Crippen LogP contribution in [-0.4, -0.2) is 18.2 Å². The van der Waals surface area contributed by atoms with E-state index in [-0.39, 0.29) is 17.0 Å². The Hall–Kier alpha value is -3.55. The molecule has 0 unspecified atom stereocenters. The van der Waals surface area contributed by atoms with Crippen LogP contribution in [0.25, 0.3) is 16.5 Å². The summed E-state index contributed by atoms with van der Waals surface area (Å²) < 4.78 is 30.0. The topological polar surface area (TPSA) is 69.4 Å². The van der Waals surface area contributed by atoms with E-state index in [0.29, 0.717) is 5.56 Å². The second-order valence-electron chi connectivity index (χ2n) is 5.62. The van der Waals surface area contributed by atoms with Crippen molar-refractivity contribution < 1.29 is 23.0 Å². The first-order valence-electron chi connectivity index (χ1n) is 7.88. The molecule has 0 saturated carbocycles. The number of hydrogen-bond donors (Lipinski definition) is 0. The van der Waals surface area contributed by atoms with Crippen molar-refractivity contribution in [1.82, 2.24) is 0 Å². The summed E-state index contributed by atoms with van der Waals surface area (Å²) in [6.45, 7) is 0. The predicted octanol–water partition coefficient (Wildman–Crippen LogP) is 4.91. The fourth-order valence-corrected chi connectivity index (χ4v) is 2.57. The van der Waals surface area contributed by atoms with Crippen molar-refractivity contribution >= 4 is 35.5 Å². The molecule has 0 amide bonds. The van der Waals surface area contributed by atoms with Crippen LogP contribution in [0.5, 0.6) is 0 Å². The van der Waals surface area contributed by atoms with Gasteiger partial charge in [0.1, 0.15) is 5.76 Å². The summed E-state index contributed by atoms with van der Waals surface area (Å²) in [7, 11) is -3.14. The van der Waals surface area contributed by atoms with Gasteiger partial charge in [0, 0.05) is 29.3 Å². The van der Waals surface area contributed by atoms with Crippen LogP contribution >= 0.6 is 0 Å². The van der Waals surface area contributed by atoms with Gasteiger partial charge in [0.15, 0.2) is 5.78 Å². The van der Waals surface area contributed by atoms with Crippen molar-refractivity contribution in [2.24, 2.45) is 0 Å².